The summed E-state index contributed by atoms with van der Waals surface area (Å²) >= 11 is 0. The summed E-state index contributed by atoms with van der Waals surface area (Å²) in [4.78, 5) is 29.4. The third kappa shape index (κ3) is 3.55. The van der Waals surface area contributed by atoms with Gasteiger partial charge in [-0.05, 0) is 30.4 Å². The summed E-state index contributed by atoms with van der Waals surface area (Å²) in [6, 6.07) is 4.40. The van der Waals surface area contributed by atoms with Gasteiger partial charge in [-0.1, -0.05) is 6.07 Å². The van der Waals surface area contributed by atoms with Crippen LogP contribution in [0, 0.1) is 5.92 Å². The summed E-state index contributed by atoms with van der Waals surface area (Å²) in [6.07, 6.45) is 11.8. The molecule has 5 rings (SSSR count). The number of hydrogen-bond donors (Lipinski definition) is 2. The van der Waals surface area contributed by atoms with E-state index in [1.54, 1.807) is 12.4 Å². The summed E-state index contributed by atoms with van der Waals surface area (Å²) in [5.74, 6) is 0.538. The van der Waals surface area contributed by atoms with Gasteiger partial charge < -0.3 is 9.88 Å². The molecule has 2 N–H and O–H groups in total. The standard InChI is InChI=1S/C21H25N7O/c29-21(17-11-25-26-12-17)27-7-3-16(4-8-27)20-19-18(23-14-24-19)5-9-28(20)13-15-2-1-6-22-10-15/h1-2,6,10-12,14,16,20H,3-5,7-9,13H2,(H,23,24)(H,25,26)/t20-/m0/s1. The van der Waals surface area contributed by atoms with Crippen molar-refractivity contribution in [1.82, 2.24) is 34.9 Å². The molecule has 0 spiro atoms. The van der Waals surface area contributed by atoms with Gasteiger partial charge >= 0.3 is 0 Å². The number of pyridine rings is 1. The molecule has 8 heteroatoms. The van der Waals surface area contributed by atoms with E-state index in [1.807, 2.05) is 29.7 Å². The molecule has 0 radical (unpaired) electrons. The Morgan fingerprint density at radius 2 is 2.10 bits per heavy atom. The first-order chi connectivity index (χ1) is 14.3. The molecule has 2 aliphatic rings. The highest BCUT2D eigenvalue weighted by Gasteiger charge is 2.38. The number of rotatable bonds is 4. The molecule has 0 unspecified atom stereocenters. The maximum Gasteiger partial charge on any atom is 0.257 e. The lowest BCUT2D eigenvalue weighted by molar-refractivity contribution is 0.0529. The number of carbonyl (C=O) groups excluding carboxylic acids is 1. The van der Waals surface area contributed by atoms with E-state index in [0.717, 1.165) is 45.4 Å². The van der Waals surface area contributed by atoms with E-state index in [1.165, 1.54) is 17.0 Å². The zero-order valence-corrected chi connectivity index (χ0v) is 16.3. The lowest BCUT2D eigenvalue weighted by Crippen LogP contribution is -2.45. The highest BCUT2D eigenvalue weighted by Crippen LogP contribution is 2.39. The topological polar surface area (TPSA) is 93.8 Å². The smallest absolute Gasteiger partial charge is 0.257 e. The van der Waals surface area contributed by atoms with Gasteiger partial charge in [-0.3, -0.25) is 19.8 Å². The van der Waals surface area contributed by atoms with Crippen molar-refractivity contribution in [2.24, 2.45) is 5.92 Å². The number of fused-ring (bicyclic) bond motifs is 1. The summed E-state index contributed by atoms with van der Waals surface area (Å²) < 4.78 is 0. The van der Waals surface area contributed by atoms with Gasteiger partial charge in [-0.2, -0.15) is 5.10 Å². The van der Waals surface area contributed by atoms with E-state index in [4.69, 9.17) is 4.98 Å². The third-order valence-electron chi connectivity index (χ3n) is 6.20. The minimum atomic E-state index is 0.0634. The summed E-state index contributed by atoms with van der Waals surface area (Å²) in [7, 11) is 0. The Bertz CT molecular complexity index is 945. The third-order valence-corrected chi connectivity index (χ3v) is 6.20. The van der Waals surface area contributed by atoms with E-state index in [9.17, 15) is 4.79 Å². The number of likely N-dealkylation sites (tertiary alicyclic amines) is 1. The number of aromatic nitrogens is 5. The number of amides is 1. The van der Waals surface area contributed by atoms with E-state index in [0.29, 0.717) is 11.5 Å². The van der Waals surface area contributed by atoms with Crippen LogP contribution in [0.2, 0.25) is 0 Å². The molecule has 0 aromatic carbocycles. The Balaban J connectivity index is 1.33. The second-order valence-corrected chi connectivity index (χ2v) is 7.91. The molecular formula is C21H25N7O. The molecular weight excluding hydrogens is 366 g/mol. The zero-order valence-electron chi connectivity index (χ0n) is 16.3. The average molecular weight is 391 g/mol. The van der Waals surface area contributed by atoms with E-state index in [2.05, 4.69) is 31.1 Å². The summed E-state index contributed by atoms with van der Waals surface area (Å²) in [5.41, 5.74) is 4.30. The van der Waals surface area contributed by atoms with Crippen molar-refractivity contribution in [2.75, 3.05) is 19.6 Å². The molecule has 1 atom stereocenters. The monoisotopic (exact) mass is 391 g/mol. The van der Waals surface area contributed by atoms with E-state index in [-0.39, 0.29) is 11.9 Å². The summed E-state index contributed by atoms with van der Waals surface area (Å²) in [5, 5.41) is 6.63. The van der Waals surface area contributed by atoms with Crippen LogP contribution in [0.25, 0.3) is 0 Å². The van der Waals surface area contributed by atoms with Gasteiger partial charge in [0, 0.05) is 56.9 Å². The Morgan fingerprint density at radius 1 is 1.21 bits per heavy atom. The van der Waals surface area contributed by atoms with Crippen molar-refractivity contribution in [1.29, 1.82) is 0 Å². The normalized spacial score (nSPS) is 20.6. The predicted octanol–water partition coefficient (Wildman–Crippen LogP) is 2.18. The number of carbonyl (C=O) groups is 1. The van der Waals surface area contributed by atoms with Crippen LogP contribution < -0.4 is 0 Å². The Hall–Kier alpha value is -3.00. The van der Waals surface area contributed by atoms with Crippen LogP contribution in [0.5, 0.6) is 0 Å². The van der Waals surface area contributed by atoms with Crippen LogP contribution in [0.1, 0.15) is 46.2 Å². The van der Waals surface area contributed by atoms with E-state index >= 15 is 0 Å². The molecule has 1 saturated heterocycles. The molecule has 0 saturated carbocycles. The molecule has 5 heterocycles. The molecule has 0 aliphatic carbocycles. The van der Waals surface area contributed by atoms with Gasteiger partial charge in [0.1, 0.15) is 0 Å². The van der Waals surface area contributed by atoms with Crippen LogP contribution in [0.4, 0.5) is 0 Å². The molecule has 150 valence electrons. The van der Waals surface area contributed by atoms with Crippen LogP contribution >= 0.6 is 0 Å². The Morgan fingerprint density at radius 3 is 2.86 bits per heavy atom. The average Bonchev–Trinajstić information content (AvgIpc) is 3.46. The van der Waals surface area contributed by atoms with Crippen molar-refractivity contribution in [3.8, 4) is 0 Å². The Labute approximate surface area is 169 Å². The number of hydrogen-bond acceptors (Lipinski definition) is 5. The van der Waals surface area contributed by atoms with Crippen LogP contribution in [-0.2, 0) is 13.0 Å². The van der Waals surface area contributed by atoms with Crippen LogP contribution in [0.15, 0.2) is 43.2 Å². The number of nitrogens with one attached hydrogen (secondary N) is 2. The molecule has 3 aromatic rings. The van der Waals surface area contributed by atoms with Gasteiger partial charge in [0.15, 0.2) is 0 Å². The first kappa shape index (κ1) is 18.1. The predicted molar refractivity (Wildman–Crippen MR) is 107 cm³/mol. The fourth-order valence-corrected chi connectivity index (χ4v) is 4.75. The fourth-order valence-electron chi connectivity index (χ4n) is 4.75. The number of nitrogens with zero attached hydrogens (tertiary/aromatic N) is 5. The molecule has 0 bridgehead atoms. The number of imidazole rings is 1. The molecule has 8 nitrogen and oxygen atoms in total. The van der Waals surface area contributed by atoms with Crippen molar-refractivity contribution < 1.29 is 4.79 Å². The largest absolute Gasteiger partial charge is 0.348 e. The second kappa shape index (κ2) is 7.79. The SMILES string of the molecule is O=C(c1cn[nH]c1)N1CCC([C@H]2c3nc[nH]c3CCN2Cc2cccnc2)CC1. The molecule has 29 heavy (non-hydrogen) atoms. The minimum Gasteiger partial charge on any atom is -0.348 e. The lowest BCUT2D eigenvalue weighted by atomic mass is 9.83. The molecule has 3 aromatic heterocycles. The second-order valence-electron chi connectivity index (χ2n) is 7.91. The van der Waals surface area contributed by atoms with Crippen LogP contribution in [0.3, 0.4) is 0 Å². The highest BCUT2D eigenvalue weighted by atomic mass is 16.2. The lowest BCUT2D eigenvalue weighted by Gasteiger charge is -2.43. The Kier molecular flexibility index (Phi) is 4.85. The van der Waals surface area contributed by atoms with Crippen molar-refractivity contribution >= 4 is 5.91 Å². The quantitative estimate of drug-likeness (QED) is 0.711. The van der Waals surface area contributed by atoms with Gasteiger partial charge in [0.2, 0.25) is 0 Å². The highest BCUT2D eigenvalue weighted by molar-refractivity contribution is 5.93. The molecule has 1 fully saturated rings. The first-order valence-electron chi connectivity index (χ1n) is 10.2. The molecule has 1 amide bonds. The first-order valence-corrected chi connectivity index (χ1v) is 10.2. The maximum atomic E-state index is 12.6. The van der Waals surface area contributed by atoms with Crippen molar-refractivity contribution in [2.45, 2.75) is 31.8 Å². The summed E-state index contributed by atoms with van der Waals surface area (Å²) in [6.45, 7) is 3.42. The van der Waals surface area contributed by atoms with Crippen LogP contribution in [-0.4, -0.2) is 60.5 Å². The number of aromatic amines is 2. The number of H-pyrrole nitrogens is 2. The zero-order chi connectivity index (χ0) is 19.6. The van der Waals surface area contributed by atoms with E-state index < -0.39 is 0 Å². The number of piperidine rings is 1. The van der Waals surface area contributed by atoms with Gasteiger partial charge in [0.25, 0.3) is 5.91 Å². The van der Waals surface area contributed by atoms with Crippen molar-refractivity contribution in [3.05, 3.63) is 65.8 Å². The molecule has 2 aliphatic heterocycles. The van der Waals surface area contributed by atoms with Gasteiger partial charge in [-0.25, -0.2) is 4.98 Å². The minimum absolute atomic E-state index is 0.0634. The maximum absolute atomic E-state index is 12.6. The van der Waals surface area contributed by atoms with Crippen molar-refractivity contribution in [3.63, 3.8) is 0 Å². The van der Waals surface area contributed by atoms with Gasteiger partial charge in [0.05, 0.1) is 29.8 Å². The van der Waals surface area contributed by atoms with Gasteiger partial charge in [-0.15, -0.1) is 0 Å². The fraction of sp³-hybridized carbons (Fsp3) is 0.429.